The number of carbonyl (C=O) groups is 2. The maximum absolute atomic E-state index is 12.5. The molecule has 0 aromatic heterocycles. The average molecular weight is 271 g/mol. The summed E-state index contributed by atoms with van der Waals surface area (Å²) in [6.07, 6.45) is 0.955. The number of nitrogens with one attached hydrogen (secondary N) is 1. The Bertz CT molecular complexity index is 329. The second-order valence-electron chi connectivity index (χ2n) is 5.04. The zero-order valence-corrected chi connectivity index (χ0v) is 11.8. The van der Waals surface area contributed by atoms with Gasteiger partial charge in [0.05, 0.1) is 0 Å². The number of likely N-dealkylation sites (N-methyl/N-ethyl adjacent to an activating group) is 1. The summed E-state index contributed by atoms with van der Waals surface area (Å²) in [6, 6.07) is -0.327. The summed E-state index contributed by atoms with van der Waals surface area (Å²) in [7, 11) is 3.48. The van der Waals surface area contributed by atoms with Gasteiger partial charge in [-0.25, -0.2) is 0 Å². The van der Waals surface area contributed by atoms with E-state index >= 15 is 0 Å². The zero-order chi connectivity index (χ0) is 13.1. The van der Waals surface area contributed by atoms with Crippen molar-refractivity contribution >= 4 is 23.6 Å². The zero-order valence-electron chi connectivity index (χ0n) is 11.0. The highest BCUT2D eigenvalue weighted by Crippen LogP contribution is 2.26. The number of hydrogen-bond acceptors (Lipinski definition) is 4. The first-order valence-electron chi connectivity index (χ1n) is 6.41. The van der Waals surface area contributed by atoms with Crippen molar-refractivity contribution in [1.29, 1.82) is 0 Å². The average Bonchev–Trinajstić information content (AvgIpc) is 2.90. The number of rotatable bonds is 2. The largest absolute Gasteiger partial charge is 0.347 e. The van der Waals surface area contributed by atoms with Gasteiger partial charge in [-0.3, -0.25) is 9.59 Å². The van der Waals surface area contributed by atoms with Gasteiger partial charge in [0.1, 0.15) is 6.04 Å². The standard InChI is InChI=1S/C12H21N3O2S/c1-14(2)12(17)10-7-13-4-5-15(10)11(16)9-3-6-18-8-9/h9-10,13H,3-8H2,1-2H3. The van der Waals surface area contributed by atoms with E-state index in [0.29, 0.717) is 13.1 Å². The molecule has 0 aromatic rings. The Kier molecular flexibility index (Phi) is 4.50. The second-order valence-corrected chi connectivity index (χ2v) is 6.19. The van der Waals surface area contributed by atoms with Crippen LogP contribution in [0, 0.1) is 5.92 Å². The van der Waals surface area contributed by atoms with Crippen molar-refractivity contribution in [2.24, 2.45) is 5.92 Å². The number of nitrogens with zero attached hydrogens (tertiary/aromatic N) is 2. The third-order valence-corrected chi connectivity index (χ3v) is 4.69. The molecular formula is C12H21N3O2S. The van der Waals surface area contributed by atoms with Crippen molar-refractivity contribution in [1.82, 2.24) is 15.1 Å². The van der Waals surface area contributed by atoms with Crippen molar-refractivity contribution in [3.63, 3.8) is 0 Å². The van der Waals surface area contributed by atoms with Gasteiger partial charge >= 0.3 is 0 Å². The quantitative estimate of drug-likeness (QED) is 0.744. The molecule has 2 fully saturated rings. The molecule has 0 aromatic carbocycles. The van der Waals surface area contributed by atoms with Gasteiger partial charge in [0.15, 0.2) is 0 Å². The van der Waals surface area contributed by atoms with Gasteiger partial charge in [0.2, 0.25) is 11.8 Å². The minimum Gasteiger partial charge on any atom is -0.347 e. The lowest BCUT2D eigenvalue weighted by molar-refractivity contribution is -0.147. The highest BCUT2D eigenvalue weighted by atomic mass is 32.2. The monoisotopic (exact) mass is 271 g/mol. The Morgan fingerprint density at radius 3 is 2.78 bits per heavy atom. The summed E-state index contributed by atoms with van der Waals surface area (Å²) in [4.78, 5) is 27.9. The molecule has 6 heteroatoms. The molecule has 2 atom stereocenters. The maximum Gasteiger partial charge on any atom is 0.246 e. The molecule has 102 valence electrons. The van der Waals surface area contributed by atoms with Crippen LogP contribution in [0.4, 0.5) is 0 Å². The molecule has 2 amide bonds. The fraction of sp³-hybridized carbons (Fsp3) is 0.833. The lowest BCUT2D eigenvalue weighted by Crippen LogP contribution is -2.60. The van der Waals surface area contributed by atoms with Crippen LogP contribution in [0.1, 0.15) is 6.42 Å². The molecular weight excluding hydrogens is 250 g/mol. The predicted octanol–water partition coefficient (Wildman–Crippen LogP) is -0.372. The molecule has 2 rings (SSSR count). The minimum atomic E-state index is -0.327. The molecule has 18 heavy (non-hydrogen) atoms. The van der Waals surface area contributed by atoms with Crippen LogP contribution in [0.2, 0.25) is 0 Å². The second kappa shape index (κ2) is 5.93. The third-order valence-electron chi connectivity index (χ3n) is 3.53. The van der Waals surface area contributed by atoms with Crippen LogP contribution in [-0.4, -0.2) is 72.9 Å². The van der Waals surface area contributed by atoms with Gasteiger partial charge in [-0.05, 0) is 12.2 Å². The first-order valence-corrected chi connectivity index (χ1v) is 7.57. The third kappa shape index (κ3) is 2.80. The summed E-state index contributed by atoms with van der Waals surface area (Å²) in [5.74, 6) is 2.27. The van der Waals surface area contributed by atoms with E-state index in [1.807, 2.05) is 11.8 Å². The van der Waals surface area contributed by atoms with Crippen molar-refractivity contribution < 1.29 is 9.59 Å². The van der Waals surface area contributed by atoms with Gasteiger partial charge in [-0.2, -0.15) is 11.8 Å². The first-order chi connectivity index (χ1) is 8.61. The fourth-order valence-electron chi connectivity index (χ4n) is 2.45. The van der Waals surface area contributed by atoms with Crippen LogP contribution in [0.15, 0.2) is 0 Å². The minimum absolute atomic E-state index is 0.0150. The highest BCUT2D eigenvalue weighted by Gasteiger charge is 2.36. The molecule has 0 spiro atoms. The van der Waals surface area contributed by atoms with Crippen molar-refractivity contribution in [3.8, 4) is 0 Å². The molecule has 2 unspecified atom stereocenters. The van der Waals surface area contributed by atoms with Crippen molar-refractivity contribution in [3.05, 3.63) is 0 Å². The fourth-order valence-corrected chi connectivity index (χ4v) is 3.66. The lowest BCUT2D eigenvalue weighted by atomic mass is 10.0. The van der Waals surface area contributed by atoms with Crippen LogP contribution in [0.3, 0.4) is 0 Å². The van der Waals surface area contributed by atoms with E-state index < -0.39 is 0 Å². The Hall–Kier alpha value is -0.750. The molecule has 2 saturated heterocycles. The number of carbonyl (C=O) groups excluding carboxylic acids is 2. The molecule has 0 radical (unpaired) electrons. The van der Waals surface area contributed by atoms with E-state index in [4.69, 9.17) is 0 Å². The van der Waals surface area contributed by atoms with E-state index in [1.54, 1.807) is 23.9 Å². The van der Waals surface area contributed by atoms with Crippen LogP contribution in [0.25, 0.3) is 0 Å². The number of amides is 2. The Labute approximate surface area is 112 Å². The summed E-state index contributed by atoms with van der Waals surface area (Å²) >= 11 is 1.83. The van der Waals surface area contributed by atoms with Gasteiger partial charge in [0.25, 0.3) is 0 Å². The number of hydrogen-bond donors (Lipinski definition) is 1. The van der Waals surface area contributed by atoms with Gasteiger partial charge in [-0.1, -0.05) is 0 Å². The molecule has 5 nitrogen and oxygen atoms in total. The molecule has 1 N–H and O–H groups in total. The van der Waals surface area contributed by atoms with Gasteiger partial charge in [-0.15, -0.1) is 0 Å². The number of thioether (sulfide) groups is 1. The van der Waals surface area contributed by atoms with E-state index in [9.17, 15) is 9.59 Å². The normalized spacial score (nSPS) is 28.2. The maximum atomic E-state index is 12.5. The van der Waals surface area contributed by atoms with Gasteiger partial charge < -0.3 is 15.1 Å². The summed E-state index contributed by atoms with van der Waals surface area (Å²) in [6.45, 7) is 2.00. The lowest BCUT2D eigenvalue weighted by Gasteiger charge is -2.37. The molecule has 2 heterocycles. The molecule has 0 aliphatic carbocycles. The topological polar surface area (TPSA) is 52.7 Å². The van der Waals surface area contributed by atoms with Crippen LogP contribution in [-0.2, 0) is 9.59 Å². The van der Waals surface area contributed by atoms with Crippen LogP contribution >= 0.6 is 11.8 Å². The van der Waals surface area contributed by atoms with E-state index in [2.05, 4.69) is 5.32 Å². The van der Waals surface area contributed by atoms with Crippen molar-refractivity contribution in [2.45, 2.75) is 12.5 Å². The van der Waals surface area contributed by atoms with E-state index in [-0.39, 0.29) is 23.8 Å². The van der Waals surface area contributed by atoms with Crippen LogP contribution < -0.4 is 5.32 Å². The SMILES string of the molecule is CN(C)C(=O)C1CNCCN1C(=O)C1CCSC1. The van der Waals surface area contributed by atoms with Crippen LogP contribution in [0.5, 0.6) is 0 Å². The van der Waals surface area contributed by atoms with Gasteiger partial charge in [0, 0.05) is 45.4 Å². The summed E-state index contributed by atoms with van der Waals surface area (Å²) < 4.78 is 0. The number of piperazine rings is 1. The molecule has 0 saturated carbocycles. The summed E-state index contributed by atoms with van der Waals surface area (Å²) in [5, 5.41) is 3.20. The predicted molar refractivity (Wildman–Crippen MR) is 72.5 cm³/mol. The highest BCUT2D eigenvalue weighted by molar-refractivity contribution is 7.99. The Morgan fingerprint density at radius 1 is 1.39 bits per heavy atom. The molecule has 2 aliphatic heterocycles. The van der Waals surface area contributed by atoms with E-state index in [0.717, 1.165) is 24.5 Å². The smallest absolute Gasteiger partial charge is 0.246 e. The van der Waals surface area contributed by atoms with Crippen molar-refractivity contribution in [2.75, 3.05) is 45.2 Å². The first kappa shape index (κ1) is 13.7. The Morgan fingerprint density at radius 2 is 2.17 bits per heavy atom. The molecule has 0 bridgehead atoms. The van der Waals surface area contributed by atoms with E-state index in [1.165, 1.54) is 0 Å². The summed E-state index contributed by atoms with van der Waals surface area (Å²) in [5.41, 5.74) is 0. The Balaban J connectivity index is 2.07. The molecule has 2 aliphatic rings.